The van der Waals surface area contributed by atoms with Gasteiger partial charge in [-0.2, -0.15) is 0 Å². The van der Waals surface area contributed by atoms with Gasteiger partial charge >= 0.3 is 5.97 Å². The molecule has 0 aliphatic heterocycles. The van der Waals surface area contributed by atoms with Crippen LogP contribution in [0.15, 0.2) is 12.2 Å². The number of rotatable bonds is 8. The van der Waals surface area contributed by atoms with E-state index in [9.17, 15) is 4.79 Å². The second-order valence-electron chi connectivity index (χ2n) is 7.01. The van der Waals surface area contributed by atoms with Gasteiger partial charge in [0.25, 0.3) is 0 Å². The first-order valence-corrected chi connectivity index (χ1v) is 9.03. The summed E-state index contributed by atoms with van der Waals surface area (Å²) in [7, 11) is 1.92. The van der Waals surface area contributed by atoms with Gasteiger partial charge in [0, 0.05) is 19.1 Å². The van der Waals surface area contributed by atoms with Crippen LogP contribution in [-0.2, 0) is 14.0 Å². The van der Waals surface area contributed by atoms with E-state index in [-0.39, 0.29) is 23.7 Å². The number of carbonyl (C=O) groups is 1. The molecule has 0 bridgehead atoms. The molecule has 1 fully saturated rings. The topological polar surface area (TPSA) is 55.8 Å². The number of hydrogen-bond donors (Lipinski definition) is 1. The van der Waals surface area contributed by atoms with Crippen molar-refractivity contribution in [1.29, 1.82) is 0 Å². The number of ether oxygens (including phenoxy) is 1. The predicted octanol–water partition coefficient (Wildman–Crippen LogP) is 3.13. The number of carbonyl (C=O) groups excluding carboxylic acids is 1. The van der Waals surface area contributed by atoms with Crippen LogP contribution in [-0.4, -0.2) is 40.7 Å². The quantitative estimate of drug-likeness (QED) is 0.423. The molecule has 1 aliphatic rings. The lowest BCUT2D eigenvalue weighted by Crippen LogP contribution is -2.27. The maximum absolute atomic E-state index is 11.6. The summed E-state index contributed by atoms with van der Waals surface area (Å²) in [5, 5.41) is 9.03. The summed E-state index contributed by atoms with van der Waals surface area (Å²) in [6.45, 7) is 6.73. The van der Waals surface area contributed by atoms with Crippen LogP contribution in [0.5, 0.6) is 0 Å². The van der Waals surface area contributed by atoms with Crippen molar-refractivity contribution in [1.82, 2.24) is 0 Å². The molecule has 1 aliphatic carbocycles. The van der Waals surface area contributed by atoms with Gasteiger partial charge in [-0.15, -0.1) is 0 Å². The van der Waals surface area contributed by atoms with E-state index >= 15 is 0 Å². The van der Waals surface area contributed by atoms with E-state index in [1.54, 1.807) is 0 Å². The van der Waals surface area contributed by atoms with Gasteiger partial charge in [-0.3, -0.25) is 4.79 Å². The Morgan fingerprint density at radius 2 is 2.05 bits per heavy atom. The Labute approximate surface area is 137 Å². The van der Waals surface area contributed by atoms with Gasteiger partial charge in [-0.1, -0.05) is 32.9 Å². The molecule has 0 heterocycles. The number of hydrogen-bond acceptors (Lipinski definition) is 4. The summed E-state index contributed by atoms with van der Waals surface area (Å²) in [6.07, 6.45) is 8.46. The highest BCUT2D eigenvalue weighted by atomic mass is 28.2. The van der Waals surface area contributed by atoms with E-state index in [1.807, 2.05) is 6.08 Å². The van der Waals surface area contributed by atoms with E-state index in [1.165, 1.54) is 7.11 Å². The van der Waals surface area contributed by atoms with Crippen molar-refractivity contribution >= 4 is 15.7 Å². The average molecular weight is 327 g/mol. The zero-order valence-electron chi connectivity index (χ0n) is 14.3. The van der Waals surface area contributed by atoms with Crippen molar-refractivity contribution in [2.24, 2.45) is 11.8 Å². The molecule has 5 heteroatoms. The predicted molar refractivity (Wildman–Crippen MR) is 88.6 cm³/mol. The summed E-state index contributed by atoms with van der Waals surface area (Å²) in [6, 6.07) is 0. The van der Waals surface area contributed by atoms with Crippen molar-refractivity contribution < 1.29 is 19.1 Å². The standard InChI is InChI=1S/C17H30O4Si/c1-17(2,3)22-21-15-10-9-13(12-16(19)20-4)14(15)8-6-5-7-11-18/h5-6,13-15,18H,7-12H2,1-4H3/b6-5-/t13-,14+,15-/m1/s1. The van der Waals surface area contributed by atoms with Gasteiger partial charge in [0.15, 0.2) is 0 Å². The second kappa shape index (κ2) is 9.48. The van der Waals surface area contributed by atoms with Gasteiger partial charge in [-0.05, 0) is 42.6 Å². The lowest BCUT2D eigenvalue weighted by molar-refractivity contribution is -0.142. The Hall–Kier alpha value is -0.653. The highest BCUT2D eigenvalue weighted by molar-refractivity contribution is 6.31. The third-order valence-corrected chi connectivity index (χ3v) is 4.98. The van der Waals surface area contributed by atoms with Crippen LogP contribution in [0.4, 0.5) is 0 Å². The summed E-state index contributed by atoms with van der Waals surface area (Å²) in [4.78, 5) is 11.6. The van der Waals surface area contributed by atoms with Crippen molar-refractivity contribution in [3.8, 4) is 0 Å². The number of allylic oxidation sites excluding steroid dienone is 1. The highest BCUT2D eigenvalue weighted by Crippen LogP contribution is 2.39. The third-order valence-electron chi connectivity index (χ3n) is 3.95. The molecule has 1 N–H and O–H groups in total. The Kier molecular flexibility index (Phi) is 8.36. The molecular weight excluding hydrogens is 296 g/mol. The highest BCUT2D eigenvalue weighted by Gasteiger charge is 2.37. The molecule has 0 saturated heterocycles. The van der Waals surface area contributed by atoms with Gasteiger partial charge < -0.3 is 14.3 Å². The monoisotopic (exact) mass is 326 g/mol. The number of esters is 1. The molecule has 22 heavy (non-hydrogen) atoms. The molecule has 2 radical (unpaired) electrons. The fourth-order valence-electron chi connectivity index (χ4n) is 2.85. The maximum Gasteiger partial charge on any atom is 0.305 e. The summed E-state index contributed by atoms with van der Waals surface area (Å²) < 4.78 is 11.0. The van der Waals surface area contributed by atoms with Crippen LogP contribution in [0, 0.1) is 11.8 Å². The van der Waals surface area contributed by atoms with Gasteiger partial charge in [-0.25, -0.2) is 0 Å². The van der Waals surface area contributed by atoms with E-state index < -0.39 is 0 Å². The normalized spacial score (nSPS) is 25.8. The first kappa shape index (κ1) is 19.4. The Morgan fingerprint density at radius 3 is 2.64 bits per heavy atom. The van der Waals surface area contributed by atoms with Crippen LogP contribution in [0.25, 0.3) is 0 Å². The first-order valence-electron chi connectivity index (χ1n) is 8.13. The van der Waals surface area contributed by atoms with Gasteiger partial charge in [0.05, 0.1) is 7.11 Å². The minimum atomic E-state index is -0.131. The summed E-state index contributed by atoms with van der Waals surface area (Å²) in [5.41, 5.74) is 0. The minimum absolute atomic E-state index is 0.131. The number of aliphatic hydroxyl groups is 1. The largest absolute Gasteiger partial charge is 0.469 e. The maximum atomic E-state index is 11.6. The van der Waals surface area contributed by atoms with Crippen LogP contribution in [0.1, 0.15) is 52.9 Å². The number of methoxy groups -OCH3 is 1. The van der Waals surface area contributed by atoms with E-state index in [0.717, 1.165) is 19.3 Å². The van der Waals surface area contributed by atoms with E-state index in [0.29, 0.717) is 34.4 Å². The van der Waals surface area contributed by atoms with Gasteiger partial charge in [0.2, 0.25) is 9.76 Å². The molecule has 0 aromatic carbocycles. The fraction of sp³-hybridized carbons (Fsp3) is 0.824. The van der Waals surface area contributed by atoms with Crippen molar-refractivity contribution in [2.45, 2.75) is 64.0 Å². The van der Waals surface area contributed by atoms with Crippen LogP contribution >= 0.6 is 0 Å². The smallest absolute Gasteiger partial charge is 0.305 e. The Morgan fingerprint density at radius 1 is 1.32 bits per heavy atom. The van der Waals surface area contributed by atoms with E-state index in [4.69, 9.17) is 14.3 Å². The fourth-order valence-corrected chi connectivity index (χ4v) is 3.65. The molecule has 0 spiro atoms. The second-order valence-corrected chi connectivity index (χ2v) is 8.95. The summed E-state index contributed by atoms with van der Waals surface area (Å²) in [5.74, 6) is 0.568. The zero-order valence-corrected chi connectivity index (χ0v) is 15.3. The van der Waals surface area contributed by atoms with E-state index in [2.05, 4.69) is 26.8 Å². The Balaban J connectivity index is 2.63. The van der Waals surface area contributed by atoms with Crippen molar-refractivity contribution in [2.75, 3.05) is 13.7 Å². The molecule has 0 aromatic heterocycles. The molecule has 1 saturated carbocycles. The molecule has 0 amide bonds. The minimum Gasteiger partial charge on any atom is -0.469 e. The van der Waals surface area contributed by atoms with Crippen LogP contribution in [0.2, 0.25) is 5.04 Å². The lowest BCUT2D eigenvalue weighted by Gasteiger charge is -2.26. The zero-order chi connectivity index (χ0) is 16.6. The molecule has 1 rings (SSSR count). The van der Waals surface area contributed by atoms with Crippen molar-refractivity contribution in [3.63, 3.8) is 0 Å². The molecule has 3 atom stereocenters. The van der Waals surface area contributed by atoms with Crippen LogP contribution in [0.3, 0.4) is 0 Å². The average Bonchev–Trinajstić information content (AvgIpc) is 2.82. The molecular formula is C17H30O4Si. The first-order chi connectivity index (χ1) is 10.4. The Bertz CT molecular complexity index is 362. The molecule has 126 valence electrons. The SMILES string of the molecule is COC(=O)C[C@H]1CC[C@@H](O[Si]C(C)(C)C)[C@H]1C/C=C\CCO. The third kappa shape index (κ3) is 7.07. The molecule has 4 nitrogen and oxygen atoms in total. The van der Waals surface area contributed by atoms with Gasteiger partial charge in [0.1, 0.15) is 0 Å². The lowest BCUT2D eigenvalue weighted by atomic mass is 9.89. The molecule has 0 unspecified atom stereocenters. The summed E-state index contributed by atoms with van der Waals surface area (Å²) >= 11 is 0. The van der Waals surface area contributed by atoms with Crippen molar-refractivity contribution in [3.05, 3.63) is 12.2 Å². The molecule has 0 aromatic rings. The number of aliphatic hydroxyl groups excluding tert-OH is 1. The van der Waals surface area contributed by atoms with Crippen LogP contribution < -0.4 is 0 Å².